The van der Waals surface area contributed by atoms with Gasteiger partial charge in [-0.2, -0.15) is 0 Å². The van der Waals surface area contributed by atoms with Gasteiger partial charge in [-0.1, -0.05) is 0 Å². The molecule has 0 spiro atoms. The zero-order valence-corrected chi connectivity index (χ0v) is 6.02. The number of nitrogens with two attached hydrogens (primary N) is 1. The summed E-state index contributed by atoms with van der Waals surface area (Å²) in [7, 11) is 0. The highest BCUT2D eigenvalue weighted by atomic mass is 19.1. The number of anilines is 2. The van der Waals surface area contributed by atoms with Gasteiger partial charge in [0.1, 0.15) is 5.82 Å². The Morgan fingerprint density at radius 1 is 1.45 bits per heavy atom. The van der Waals surface area contributed by atoms with Crippen molar-refractivity contribution in [2.75, 3.05) is 17.6 Å². The monoisotopic (exact) mass is 152 g/mol. The SMILES string of the molecule is Nc1cc(F)c2c(c1)CCN2. The number of fused-ring (bicyclic) bond motifs is 1. The molecule has 3 N–H and O–H groups in total. The Morgan fingerprint density at radius 3 is 3.09 bits per heavy atom. The molecule has 0 aliphatic carbocycles. The maximum Gasteiger partial charge on any atom is 0.148 e. The Hall–Kier alpha value is -1.25. The van der Waals surface area contributed by atoms with Crippen LogP contribution < -0.4 is 11.1 Å². The van der Waals surface area contributed by atoms with Crippen LogP contribution in [0.15, 0.2) is 12.1 Å². The molecule has 0 saturated carbocycles. The van der Waals surface area contributed by atoms with E-state index < -0.39 is 0 Å². The number of nitrogen functional groups attached to an aromatic ring is 1. The lowest BCUT2D eigenvalue weighted by Crippen LogP contribution is -1.94. The average molecular weight is 152 g/mol. The summed E-state index contributed by atoms with van der Waals surface area (Å²) in [5.41, 5.74) is 7.58. The second-order valence-corrected chi connectivity index (χ2v) is 2.71. The van der Waals surface area contributed by atoms with Crippen molar-refractivity contribution in [2.45, 2.75) is 6.42 Å². The minimum absolute atomic E-state index is 0.238. The molecular formula is C8H9FN2. The van der Waals surface area contributed by atoms with Crippen molar-refractivity contribution in [1.29, 1.82) is 0 Å². The maximum atomic E-state index is 13.0. The van der Waals surface area contributed by atoms with Crippen LogP contribution in [0.1, 0.15) is 5.56 Å². The normalized spacial score (nSPS) is 14.3. The van der Waals surface area contributed by atoms with Gasteiger partial charge in [0.05, 0.1) is 5.69 Å². The van der Waals surface area contributed by atoms with Crippen molar-refractivity contribution in [3.63, 3.8) is 0 Å². The molecule has 0 fully saturated rings. The van der Waals surface area contributed by atoms with E-state index in [9.17, 15) is 4.39 Å². The van der Waals surface area contributed by atoms with Gasteiger partial charge >= 0.3 is 0 Å². The fourth-order valence-electron chi connectivity index (χ4n) is 1.40. The summed E-state index contributed by atoms with van der Waals surface area (Å²) >= 11 is 0. The number of benzene rings is 1. The Morgan fingerprint density at radius 2 is 2.27 bits per heavy atom. The number of hydrogen-bond donors (Lipinski definition) is 2. The zero-order valence-electron chi connectivity index (χ0n) is 6.02. The van der Waals surface area contributed by atoms with E-state index in [1.165, 1.54) is 6.07 Å². The molecule has 1 aromatic rings. The third-order valence-corrected chi connectivity index (χ3v) is 1.89. The van der Waals surface area contributed by atoms with E-state index in [1.807, 2.05) is 6.07 Å². The van der Waals surface area contributed by atoms with Gasteiger partial charge in [0.2, 0.25) is 0 Å². The van der Waals surface area contributed by atoms with Crippen molar-refractivity contribution in [2.24, 2.45) is 0 Å². The molecule has 1 aromatic carbocycles. The number of nitrogens with one attached hydrogen (secondary N) is 1. The first-order valence-corrected chi connectivity index (χ1v) is 3.59. The van der Waals surface area contributed by atoms with E-state index in [1.54, 1.807) is 0 Å². The number of halogens is 1. The van der Waals surface area contributed by atoms with Crippen LogP contribution in [0, 0.1) is 5.82 Å². The van der Waals surface area contributed by atoms with Crippen molar-refractivity contribution in [3.05, 3.63) is 23.5 Å². The Balaban J connectivity index is 2.60. The molecule has 1 heterocycles. The highest BCUT2D eigenvalue weighted by molar-refractivity contribution is 5.62. The minimum Gasteiger partial charge on any atom is -0.399 e. The summed E-state index contributed by atoms with van der Waals surface area (Å²) in [6.07, 6.45) is 0.872. The smallest absolute Gasteiger partial charge is 0.148 e. The summed E-state index contributed by atoms with van der Waals surface area (Å²) in [6.45, 7) is 0.815. The van der Waals surface area contributed by atoms with E-state index in [0.29, 0.717) is 11.4 Å². The molecule has 0 radical (unpaired) electrons. The fraction of sp³-hybridized carbons (Fsp3) is 0.250. The van der Waals surface area contributed by atoms with Gasteiger partial charge in [-0.05, 0) is 24.1 Å². The van der Waals surface area contributed by atoms with Crippen LogP contribution in [0.25, 0.3) is 0 Å². The van der Waals surface area contributed by atoms with Crippen LogP contribution >= 0.6 is 0 Å². The van der Waals surface area contributed by atoms with Crippen LogP contribution in [0.3, 0.4) is 0 Å². The topological polar surface area (TPSA) is 38.0 Å². The van der Waals surface area contributed by atoms with Gasteiger partial charge < -0.3 is 11.1 Å². The quantitative estimate of drug-likeness (QED) is 0.551. The first-order chi connectivity index (χ1) is 5.27. The first-order valence-electron chi connectivity index (χ1n) is 3.59. The van der Waals surface area contributed by atoms with Crippen LogP contribution in [0.5, 0.6) is 0 Å². The molecular weight excluding hydrogens is 143 g/mol. The molecule has 0 amide bonds. The molecule has 0 unspecified atom stereocenters. The maximum absolute atomic E-state index is 13.0. The van der Waals surface area contributed by atoms with E-state index in [2.05, 4.69) is 5.32 Å². The van der Waals surface area contributed by atoms with Gasteiger partial charge in [-0.25, -0.2) is 4.39 Å². The Labute approximate surface area is 64.2 Å². The van der Waals surface area contributed by atoms with E-state index in [0.717, 1.165) is 18.5 Å². The molecule has 1 aliphatic heterocycles. The number of hydrogen-bond acceptors (Lipinski definition) is 2. The molecule has 2 nitrogen and oxygen atoms in total. The van der Waals surface area contributed by atoms with E-state index >= 15 is 0 Å². The molecule has 0 atom stereocenters. The zero-order chi connectivity index (χ0) is 7.84. The van der Waals surface area contributed by atoms with Crippen LogP contribution in [0.4, 0.5) is 15.8 Å². The van der Waals surface area contributed by atoms with E-state index in [4.69, 9.17) is 5.73 Å². The van der Waals surface area contributed by atoms with Crippen molar-refractivity contribution < 1.29 is 4.39 Å². The fourth-order valence-corrected chi connectivity index (χ4v) is 1.40. The van der Waals surface area contributed by atoms with Crippen LogP contribution in [-0.4, -0.2) is 6.54 Å². The molecule has 0 saturated heterocycles. The van der Waals surface area contributed by atoms with Gasteiger partial charge in [0.15, 0.2) is 0 Å². The molecule has 0 aromatic heterocycles. The summed E-state index contributed by atoms with van der Waals surface area (Å²) in [4.78, 5) is 0. The van der Waals surface area contributed by atoms with Gasteiger partial charge in [-0.3, -0.25) is 0 Å². The number of rotatable bonds is 0. The van der Waals surface area contributed by atoms with Crippen LogP contribution in [-0.2, 0) is 6.42 Å². The van der Waals surface area contributed by atoms with E-state index in [-0.39, 0.29) is 5.82 Å². The summed E-state index contributed by atoms with van der Waals surface area (Å²) < 4.78 is 13.0. The van der Waals surface area contributed by atoms with Crippen molar-refractivity contribution in [3.8, 4) is 0 Å². The predicted molar refractivity (Wildman–Crippen MR) is 43.0 cm³/mol. The van der Waals surface area contributed by atoms with Gasteiger partial charge in [0, 0.05) is 12.2 Å². The van der Waals surface area contributed by atoms with Crippen molar-refractivity contribution >= 4 is 11.4 Å². The summed E-state index contributed by atoms with van der Waals surface area (Å²) in [6, 6.07) is 3.16. The highest BCUT2D eigenvalue weighted by Gasteiger charge is 2.14. The molecule has 11 heavy (non-hydrogen) atoms. The van der Waals surface area contributed by atoms with Crippen LogP contribution in [0.2, 0.25) is 0 Å². The lowest BCUT2D eigenvalue weighted by atomic mass is 10.1. The second-order valence-electron chi connectivity index (χ2n) is 2.71. The largest absolute Gasteiger partial charge is 0.399 e. The second kappa shape index (κ2) is 2.12. The third-order valence-electron chi connectivity index (χ3n) is 1.89. The third kappa shape index (κ3) is 0.926. The molecule has 1 aliphatic rings. The molecule has 58 valence electrons. The molecule has 3 heteroatoms. The average Bonchev–Trinajstić information content (AvgIpc) is 2.34. The first kappa shape index (κ1) is 6.46. The lowest BCUT2D eigenvalue weighted by molar-refractivity contribution is 0.632. The highest BCUT2D eigenvalue weighted by Crippen LogP contribution is 2.27. The predicted octanol–water partition coefficient (Wildman–Crippen LogP) is 1.38. The minimum atomic E-state index is -0.238. The standard InChI is InChI=1S/C8H9FN2/c9-7-4-6(10)3-5-1-2-11-8(5)7/h3-4,11H,1-2,10H2. The summed E-state index contributed by atoms with van der Waals surface area (Å²) in [5, 5.41) is 2.97. The molecule has 2 rings (SSSR count). The lowest BCUT2D eigenvalue weighted by Gasteiger charge is -2.01. The summed E-state index contributed by atoms with van der Waals surface area (Å²) in [5.74, 6) is -0.238. The Kier molecular flexibility index (Phi) is 1.24. The van der Waals surface area contributed by atoms with Gasteiger partial charge in [-0.15, -0.1) is 0 Å². The van der Waals surface area contributed by atoms with Gasteiger partial charge in [0.25, 0.3) is 0 Å². The van der Waals surface area contributed by atoms with Crippen molar-refractivity contribution in [1.82, 2.24) is 0 Å². The molecule has 0 bridgehead atoms. The Bertz CT molecular complexity index is 296.